The minimum absolute atomic E-state index is 0.0202. The van der Waals surface area contributed by atoms with Gasteiger partial charge in [-0.1, -0.05) is 12.1 Å². The van der Waals surface area contributed by atoms with Crippen LogP contribution in [0.5, 0.6) is 6.01 Å². The number of ether oxygens (including phenoxy) is 1. The molecule has 88 valence electrons. The van der Waals surface area contributed by atoms with E-state index in [2.05, 4.69) is 9.97 Å². The predicted octanol–water partition coefficient (Wildman–Crippen LogP) is 1.52. The van der Waals surface area contributed by atoms with Crippen molar-refractivity contribution in [1.82, 2.24) is 9.97 Å². The first kappa shape index (κ1) is 11.3. The van der Waals surface area contributed by atoms with Gasteiger partial charge in [0.1, 0.15) is 0 Å². The maximum atomic E-state index is 11.3. The third-order valence-corrected chi connectivity index (χ3v) is 2.20. The number of carbonyl (C=O) groups excluding carboxylic acids is 1. The lowest BCUT2D eigenvalue weighted by Crippen LogP contribution is -2.13. The summed E-state index contributed by atoms with van der Waals surface area (Å²) in [5, 5.41) is 0.761. The fraction of sp³-hybridized carbons (Fsp3) is 0.250. The third kappa shape index (κ3) is 2.33. The van der Waals surface area contributed by atoms with E-state index in [0.717, 1.165) is 5.39 Å². The topological polar surface area (TPSA) is 78.1 Å². The molecule has 0 unspecified atom stereocenters. The highest BCUT2D eigenvalue weighted by Crippen LogP contribution is 2.18. The molecule has 0 saturated carbocycles. The first-order chi connectivity index (χ1) is 8.08. The van der Waals surface area contributed by atoms with E-state index in [4.69, 9.17) is 10.5 Å². The summed E-state index contributed by atoms with van der Waals surface area (Å²) in [4.78, 5) is 19.5. The largest absolute Gasteiger partial charge is 0.461 e. The van der Waals surface area contributed by atoms with Crippen molar-refractivity contribution in [3.8, 4) is 6.01 Å². The molecule has 0 radical (unpaired) electrons. The highest BCUT2D eigenvalue weighted by Gasteiger charge is 2.10. The van der Waals surface area contributed by atoms with Gasteiger partial charge in [0.25, 0.3) is 5.91 Å². The lowest BCUT2D eigenvalue weighted by Gasteiger charge is -2.08. The number of rotatable bonds is 3. The zero-order valence-corrected chi connectivity index (χ0v) is 9.68. The fourth-order valence-electron chi connectivity index (χ4n) is 1.51. The number of nitrogens with two attached hydrogens (primary N) is 1. The van der Waals surface area contributed by atoms with Gasteiger partial charge in [-0.3, -0.25) is 4.79 Å². The van der Waals surface area contributed by atoms with Gasteiger partial charge in [0.15, 0.2) is 0 Å². The van der Waals surface area contributed by atoms with E-state index in [9.17, 15) is 4.79 Å². The number of nitrogens with zero attached hydrogens (tertiary/aromatic N) is 2. The first-order valence-corrected chi connectivity index (χ1v) is 5.30. The number of benzene rings is 1. The molecule has 0 aliphatic carbocycles. The number of hydrogen-bond acceptors (Lipinski definition) is 4. The Morgan fingerprint density at radius 3 is 2.82 bits per heavy atom. The normalized spacial score (nSPS) is 10.8. The maximum Gasteiger partial charge on any atom is 0.317 e. The first-order valence-electron chi connectivity index (χ1n) is 5.30. The van der Waals surface area contributed by atoms with Crippen LogP contribution in [0.1, 0.15) is 24.2 Å². The third-order valence-electron chi connectivity index (χ3n) is 2.20. The van der Waals surface area contributed by atoms with Crippen molar-refractivity contribution in [1.29, 1.82) is 0 Å². The number of amides is 1. The molecule has 2 N–H and O–H groups in total. The Kier molecular flexibility index (Phi) is 2.91. The number of fused-ring (bicyclic) bond motifs is 1. The van der Waals surface area contributed by atoms with E-state index in [1.165, 1.54) is 0 Å². The molecule has 1 aromatic heterocycles. The SMILES string of the molecule is CC(C)Oc1ncc2cccc(C(N)=O)c2n1. The van der Waals surface area contributed by atoms with Crippen molar-refractivity contribution in [2.75, 3.05) is 0 Å². The van der Waals surface area contributed by atoms with Crippen molar-refractivity contribution >= 4 is 16.8 Å². The van der Waals surface area contributed by atoms with Crippen LogP contribution in [0.2, 0.25) is 0 Å². The van der Waals surface area contributed by atoms with Crippen LogP contribution in [-0.4, -0.2) is 22.0 Å². The number of primary amides is 1. The number of carbonyl (C=O) groups is 1. The highest BCUT2D eigenvalue weighted by atomic mass is 16.5. The summed E-state index contributed by atoms with van der Waals surface area (Å²) in [7, 11) is 0. The second kappa shape index (κ2) is 4.37. The molecule has 5 heteroatoms. The Bertz CT molecular complexity index is 567. The molecule has 2 aromatic rings. The van der Waals surface area contributed by atoms with Crippen LogP contribution in [0.4, 0.5) is 0 Å². The van der Waals surface area contributed by atoms with Crippen LogP contribution in [-0.2, 0) is 0 Å². The molecule has 0 saturated heterocycles. The quantitative estimate of drug-likeness (QED) is 0.868. The highest BCUT2D eigenvalue weighted by molar-refractivity contribution is 6.04. The number of para-hydroxylation sites is 1. The predicted molar refractivity (Wildman–Crippen MR) is 63.8 cm³/mol. The average Bonchev–Trinajstić information content (AvgIpc) is 2.27. The summed E-state index contributed by atoms with van der Waals surface area (Å²) in [5.41, 5.74) is 6.18. The second-order valence-corrected chi connectivity index (χ2v) is 3.93. The molecule has 1 heterocycles. The van der Waals surface area contributed by atoms with Crippen molar-refractivity contribution in [2.24, 2.45) is 5.73 Å². The minimum atomic E-state index is -0.509. The average molecular weight is 231 g/mol. The van der Waals surface area contributed by atoms with Crippen molar-refractivity contribution in [3.63, 3.8) is 0 Å². The van der Waals surface area contributed by atoms with E-state index >= 15 is 0 Å². The van der Waals surface area contributed by atoms with Crippen LogP contribution >= 0.6 is 0 Å². The smallest absolute Gasteiger partial charge is 0.317 e. The molecule has 0 atom stereocenters. The number of hydrogen-bond donors (Lipinski definition) is 1. The zero-order valence-electron chi connectivity index (χ0n) is 9.68. The summed E-state index contributed by atoms with van der Waals surface area (Å²) < 4.78 is 5.38. The Labute approximate surface area is 98.6 Å². The zero-order chi connectivity index (χ0) is 12.4. The summed E-state index contributed by atoms with van der Waals surface area (Å²) in [6, 6.07) is 5.45. The molecule has 1 amide bonds. The lowest BCUT2D eigenvalue weighted by atomic mass is 10.1. The molecule has 1 aromatic carbocycles. The number of aromatic nitrogens is 2. The Morgan fingerprint density at radius 2 is 2.18 bits per heavy atom. The second-order valence-electron chi connectivity index (χ2n) is 3.93. The Balaban J connectivity index is 2.57. The summed E-state index contributed by atoms with van der Waals surface area (Å²) >= 11 is 0. The fourth-order valence-corrected chi connectivity index (χ4v) is 1.51. The molecule has 17 heavy (non-hydrogen) atoms. The van der Waals surface area contributed by atoms with Gasteiger partial charge >= 0.3 is 6.01 Å². The van der Waals surface area contributed by atoms with E-state index in [1.807, 2.05) is 19.9 Å². The van der Waals surface area contributed by atoms with Gasteiger partial charge in [-0.2, -0.15) is 4.98 Å². The van der Waals surface area contributed by atoms with Gasteiger partial charge in [-0.05, 0) is 19.9 Å². The van der Waals surface area contributed by atoms with Crippen LogP contribution in [0.3, 0.4) is 0 Å². The molecule has 0 fully saturated rings. The van der Waals surface area contributed by atoms with Gasteiger partial charge < -0.3 is 10.5 Å². The van der Waals surface area contributed by atoms with Crippen LogP contribution < -0.4 is 10.5 Å². The molecule has 5 nitrogen and oxygen atoms in total. The maximum absolute atomic E-state index is 11.3. The van der Waals surface area contributed by atoms with Crippen LogP contribution in [0.15, 0.2) is 24.4 Å². The standard InChI is InChI=1S/C12H13N3O2/c1-7(2)17-12-14-6-8-4-3-5-9(11(13)16)10(8)15-12/h3-7H,1-2H3,(H2,13,16). The summed E-state index contributed by atoms with van der Waals surface area (Å²) in [5.74, 6) is -0.509. The Hall–Kier alpha value is -2.17. The van der Waals surface area contributed by atoms with Gasteiger partial charge in [0.2, 0.25) is 0 Å². The van der Waals surface area contributed by atoms with E-state index in [-0.39, 0.29) is 12.1 Å². The molecular formula is C12H13N3O2. The molecular weight excluding hydrogens is 218 g/mol. The van der Waals surface area contributed by atoms with E-state index < -0.39 is 5.91 Å². The summed E-state index contributed by atoms with van der Waals surface area (Å²) in [6.45, 7) is 3.76. The van der Waals surface area contributed by atoms with Gasteiger partial charge in [0.05, 0.1) is 17.2 Å². The molecule has 0 aliphatic heterocycles. The lowest BCUT2D eigenvalue weighted by molar-refractivity contribution is 0.100. The van der Waals surface area contributed by atoms with E-state index in [1.54, 1.807) is 18.3 Å². The minimum Gasteiger partial charge on any atom is -0.461 e. The van der Waals surface area contributed by atoms with Gasteiger partial charge in [-0.25, -0.2) is 4.98 Å². The van der Waals surface area contributed by atoms with Crippen molar-refractivity contribution < 1.29 is 9.53 Å². The van der Waals surface area contributed by atoms with Crippen molar-refractivity contribution in [2.45, 2.75) is 20.0 Å². The Morgan fingerprint density at radius 1 is 1.41 bits per heavy atom. The van der Waals surface area contributed by atoms with Gasteiger partial charge in [-0.15, -0.1) is 0 Å². The molecule has 0 aliphatic rings. The van der Waals surface area contributed by atoms with Gasteiger partial charge in [0, 0.05) is 11.6 Å². The summed E-state index contributed by atoms with van der Waals surface area (Å²) in [6.07, 6.45) is 1.60. The van der Waals surface area contributed by atoms with Crippen molar-refractivity contribution in [3.05, 3.63) is 30.0 Å². The monoisotopic (exact) mass is 231 g/mol. The molecule has 0 bridgehead atoms. The molecule has 0 spiro atoms. The van der Waals surface area contributed by atoms with Crippen LogP contribution in [0, 0.1) is 0 Å². The van der Waals surface area contributed by atoms with E-state index in [0.29, 0.717) is 11.1 Å². The molecule has 2 rings (SSSR count). The van der Waals surface area contributed by atoms with Crippen LogP contribution in [0.25, 0.3) is 10.9 Å².